The molecule has 2 amide bonds. The number of amides is 2. The Hall–Kier alpha value is -2.95. The zero-order valence-electron chi connectivity index (χ0n) is 17.6. The van der Waals surface area contributed by atoms with Crippen molar-refractivity contribution in [1.82, 2.24) is 4.90 Å². The van der Waals surface area contributed by atoms with Gasteiger partial charge in [-0.1, -0.05) is 68.7 Å². The van der Waals surface area contributed by atoms with E-state index in [0.717, 1.165) is 67.5 Å². The van der Waals surface area contributed by atoms with E-state index in [1.165, 1.54) is 0 Å². The highest BCUT2D eigenvalue weighted by Gasteiger charge is 2.49. The van der Waals surface area contributed by atoms with Crippen molar-refractivity contribution in [3.05, 3.63) is 59.7 Å². The fourth-order valence-corrected chi connectivity index (χ4v) is 4.62. The third-order valence-corrected chi connectivity index (χ3v) is 6.28. The van der Waals surface area contributed by atoms with Gasteiger partial charge in [-0.15, -0.1) is 0 Å². The van der Waals surface area contributed by atoms with Gasteiger partial charge < -0.3 is 5.73 Å². The number of aliphatic imine (C=N–C) groups is 1. The minimum absolute atomic E-state index is 0.175. The van der Waals surface area contributed by atoms with E-state index in [0.29, 0.717) is 12.1 Å². The maximum Gasteiger partial charge on any atom is 0.256 e. The van der Waals surface area contributed by atoms with E-state index < -0.39 is 11.4 Å². The van der Waals surface area contributed by atoms with Crippen molar-refractivity contribution >= 4 is 17.6 Å². The molecule has 5 heteroatoms. The molecule has 0 radical (unpaired) electrons. The van der Waals surface area contributed by atoms with Crippen LogP contribution in [-0.2, 0) is 11.3 Å². The first-order valence-electron chi connectivity index (χ1n) is 10.9. The second kappa shape index (κ2) is 8.42. The predicted octanol–water partition coefficient (Wildman–Crippen LogP) is 4.70. The van der Waals surface area contributed by atoms with Crippen molar-refractivity contribution < 1.29 is 9.59 Å². The van der Waals surface area contributed by atoms with Gasteiger partial charge in [0.1, 0.15) is 11.4 Å². The molecular formula is C25H29N3O2. The summed E-state index contributed by atoms with van der Waals surface area (Å²) in [7, 11) is 0. The summed E-state index contributed by atoms with van der Waals surface area (Å²) in [4.78, 5) is 31.9. The van der Waals surface area contributed by atoms with E-state index in [1.807, 2.05) is 47.4 Å². The first kappa shape index (κ1) is 20.3. The molecule has 0 saturated heterocycles. The Morgan fingerprint density at radius 1 is 1.10 bits per heavy atom. The van der Waals surface area contributed by atoms with Gasteiger partial charge in [0.05, 0.1) is 6.54 Å². The number of amidine groups is 1. The van der Waals surface area contributed by atoms with Crippen molar-refractivity contribution in [2.45, 2.75) is 64.0 Å². The van der Waals surface area contributed by atoms with Crippen molar-refractivity contribution in [2.75, 3.05) is 0 Å². The van der Waals surface area contributed by atoms with Gasteiger partial charge in [-0.2, -0.15) is 0 Å². The molecule has 30 heavy (non-hydrogen) atoms. The topological polar surface area (TPSA) is 75.8 Å². The summed E-state index contributed by atoms with van der Waals surface area (Å²) >= 11 is 0. The standard InChI is InChI=1S/C25H29N3O2/c1-2-3-10-22-27-25(15-6-7-16-25)24(30)28(22)17-18-11-13-19(14-12-18)20-8-4-5-9-21(20)23(26)29/h4-5,8-9,11-14H,2-3,6-7,10,15-17H2,1H3,(H2,26,29). The van der Waals surface area contributed by atoms with Crippen molar-refractivity contribution in [1.29, 1.82) is 0 Å². The van der Waals surface area contributed by atoms with Crippen molar-refractivity contribution in [2.24, 2.45) is 10.7 Å². The van der Waals surface area contributed by atoms with Crippen LogP contribution in [0.1, 0.15) is 67.8 Å². The second-order valence-corrected chi connectivity index (χ2v) is 8.37. The predicted molar refractivity (Wildman–Crippen MR) is 119 cm³/mol. The smallest absolute Gasteiger partial charge is 0.256 e. The van der Waals surface area contributed by atoms with Crippen LogP contribution in [0, 0.1) is 0 Å². The summed E-state index contributed by atoms with van der Waals surface area (Å²) in [6.45, 7) is 2.70. The normalized spacial score (nSPS) is 17.6. The van der Waals surface area contributed by atoms with Crippen LogP contribution in [0.15, 0.2) is 53.5 Å². The summed E-state index contributed by atoms with van der Waals surface area (Å²) in [5.41, 5.74) is 8.36. The van der Waals surface area contributed by atoms with E-state index in [-0.39, 0.29) is 5.91 Å². The molecular weight excluding hydrogens is 374 g/mol. The lowest BCUT2D eigenvalue weighted by Crippen LogP contribution is -2.40. The van der Waals surface area contributed by atoms with Crippen LogP contribution in [0.4, 0.5) is 0 Å². The zero-order chi connectivity index (χ0) is 21.1. The van der Waals surface area contributed by atoms with Crippen molar-refractivity contribution in [3.8, 4) is 11.1 Å². The van der Waals surface area contributed by atoms with Crippen LogP contribution in [0.2, 0.25) is 0 Å². The molecule has 2 aromatic rings. The lowest BCUT2D eigenvalue weighted by molar-refractivity contribution is -0.131. The van der Waals surface area contributed by atoms with Gasteiger partial charge in [0.2, 0.25) is 5.91 Å². The van der Waals surface area contributed by atoms with Gasteiger partial charge in [-0.25, -0.2) is 0 Å². The Morgan fingerprint density at radius 3 is 2.47 bits per heavy atom. The van der Waals surface area contributed by atoms with E-state index in [1.54, 1.807) is 6.07 Å². The Kier molecular flexibility index (Phi) is 5.71. The molecule has 156 valence electrons. The molecule has 1 saturated carbocycles. The molecule has 1 aliphatic carbocycles. The lowest BCUT2D eigenvalue weighted by Gasteiger charge is -2.23. The van der Waals surface area contributed by atoms with Crippen LogP contribution in [-0.4, -0.2) is 28.1 Å². The third-order valence-electron chi connectivity index (χ3n) is 6.28. The molecule has 1 aliphatic heterocycles. The van der Waals surface area contributed by atoms with Crippen LogP contribution < -0.4 is 5.73 Å². The third kappa shape index (κ3) is 3.76. The van der Waals surface area contributed by atoms with E-state index >= 15 is 0 Å². The Morgan fingerprint density at radius 2 is 1.80 bits per heavy atom. The molecule has 2 aromatic carbocycles. The number of rotatable bonds is 7. The van der Waals surface area contributed by atoms with E-state index in [4.69, 9.17) is 10.7 Å². The zero-order valence-corrected chi connectivity index (χ0v) is 17.6. The summed E-state index contributed by atoms with van der Waals surface area (Å²) in [6.07, 6.45) is 6.90. The van der Waals surface area contributed by atoms with Crippen LogP contribution >= 0.6 is 0 Å². The molecule has 2 aliphatic rings. The van der Waals surface area contributed by atoms with Gasteiger partial charge in [-0.3, -0.25) is 19.5 Å². The highest BCUT2D eigenvalue weighted by molar-refractivity contribution is 6.08. The number of primary amides is 1. The maximum atomic E-state index is 13.3. The maximum absolute atomic E-state index is 13.3. The van der Waals surface area contributed by atoms with E-state index in [2.05, 4.69) is 6.92 Å². The monoisotopic (exact) mass is 403 g/mol. The van der Waals surface area contributed by atoms with E-state index in [9.17, 15) is 9.59 Å². The number of benzene rings is 2. The highest BCUT2D eigenvalue weighted by Crippen LogP contribution is 2.40. The number of nitrogens with two attached hydrogens (primary N) is 1. The number of carbonyl (C=O) groups excluding carboxylic acids is 2. The minimum atomic E-state index is -0.497. The molecule has 4 rings (SSSR count). The van der Waals surface area contributed by atoms with Gasteiger partial charge in [0.15, 0.2) is 0 Å². The Labute approximate surface area is 178 Å². The summed E-state index contributed by atoms with van der Waals surface area (Å²) in [5.74, 6) is 0.692. The lowest BCUT2D eigenvalue weighted by atomic mass is 9.97. The Bertz CT molecular complexity index is 972. The van der Waals surface area contributed by atoms with Crippen LogP contribution in [0.3, 0.4) is 0 Å². The first-order valence-corrected chi connectivity index (χ1v) is 10.9. The molecule has 0 bridgehead atoms. The number of hydrogen-bond donors (Lipinski definition) is 1. The number of carbonyl (C=O) groups is 2. The molecule has 0 unspecified atom stereocenters. The second-order valence-electron chi connectivity index (χ2n) is 8.37. The van der Waals surface area contributed by atoms with Gasteiger partial charge >= 0.3 is 0 Å². The number of hydrogen-bond acceptors (Lipinski definition) is 3. The molecule has 5 nitrogen and oxygen atoms in total. The average Bonchev–Trinajstić information content (AvgIpc) is 3.33. The molecule has 1 heterocycles. The minimum Gasteiger partial charge on any atom is -0.366 e. The summed E-state index contributed by atoms with van der Waals surface area (Å²) in [5, 5.41) is 0. The molecule has 1 spiro atoms. The molecule has 0 aromatic heterocycles. The van der Waals surface area contributed by atoms with Crippen molar-refractivity contribution in [3.63, 3.8) is 0 Å². The summed E-state index contributed by atoms with van der Waals surface area (Å²) < 4.78 is 0. The SMILES string of the molecule is CCCCC1=NC2(CCCC2)C(=O)N1Cc1ccc(-c2ccccc2C(N)=O)cc1. The molecule has 2 N–H and O–H groups in total. The quantitative estimate of drug-likeness (QED) is 0.728. The largest absolute Gasteiger partial charge is 0.366 e. The molecule has 0 atom stereocenters. The fourth-order valence-electron chi connectivity index (χ4n) is 4.62. The van der Waals surface area contributed by atoms with Gasteiger partial charge in [-0.05, 0) is 42.0 Å². The first-order chi connectivity index (χ1) is 14.5. The average molecular weight is 404 g/mol. The highest BCUT2D eigenvalue weighted by atomic mass is 16.2. The number of unbranched alkanes of at least 4 members (excludes halogenated alkanes) is 1. The summed E-state index contributed by atoms with van der Waals surface area (Å²) in [6, 6.07) is 15.4. The van der Waals surface area contributed by atoms with Gasteiger partial charge in [0, 0.05) is 12.0 Å². The fraction of sp³-hybridized carbons (Fsp3) is 0.400. The number of nitrogens with zero attached hydrogens (tertiary/aromatic N) is 2. The van der Waals surface area contributed by atoms with Crippen LogP contribution in [0.25, 0.3) is 11.1 Å². The van der Waals surface area contributed by atoms with Crippen LogP contribution in [0.5, 0.6) is 0 Å². The molecule has 1 fully saturated rings. The Balaban J connectivity index is 1.56. The van der Waals surface area contributed by atoms with Gasteiger partial charge in [0.25, 0.3) is 5.91 Å².